The summed E-state index contributed by atoms with van der Waals surface area (Å²) in [5.74, 6) is -0.399. The maximum Gasteiger partial charge on any atom is 0.287 e. The Balaban J connectivity index is 2.43. The third-order valence-corrected chi connectivity index (χ3v) is 2.11. The zero-order valence-corrected chi connectivity index (χ0v) is 8.13. The number of nitrogens with zero attached hydrogens (tertiary/aromatic N) is 2. The molecule has 0 aliphatic rings. The molecule has 0 aliphatic carbocycles. The molecule has 0 saturated heterocycles. The average Bonchev–Trinajstić information content (AvgIpc) is 2.30. The summed E-state index contributed by atoms with van der Waals surface area (Å²) < 4.78 is 13.4. The molecule has 0 amide bonds. The van der Waals surface area contributed by atoms with Gasteiger partial charge in [-0.15, -0.1) is 0 Å². The summed E-state index contributed by atoms with van der Waals surface area (Å²) in [7, 11) is 0. The first kappa shape index (κ1) is 10.2. The van der Waals surface area contributed by atoms with E-state index in [0.29, 0.717) is 11.3 Å². The molecule has 2 aromatic rings. The Morgan fingerprint density at radius 1 is 1.19 bits per heavy atom. The van der Waals surface area contributed by atoms with E-state index in [0.717, 1.165) is 6.20 Å². The maximum atomic E-state index is 13.4. The van der Waals surface area contributed by atoms with Crippen LogP contribution in [-0.4, -0.2) is 9.91 Å². The van der Waals surface area contributed by atoms with E-state index in [1.54, 1.807) is 18.2 Å². The predicted molar refractivity (Wildman–Crippen MR) is 56.3 cm³/mol. The molecular weight excluding hydrogens is 211 g/mol. The Morgan fingerprint density at radius 3 is 2.50 bits per heavy atom. The minimum Gasteiger partial charge on any atom is -0.258 e. The van der Waals surface area contributed by atoms with Gasteiger partial charge in [-0.3, -0.25) is 10.1 Å². The molecule has 0 radical (unpaired) electrons. The lowest BCUT2D eigenvalue weighted by molar-refractivity contribution is -0.385. The largest absolute Gasteiger partial charge is 0.287 e. The standard InChI is InChI=1S/C11H7FN2O2/c12-10-4-2-1-3-9(10)11-6-5-8(7-13-11)14(15)16/h1-7H. The van der Waals surface area contributed by atoms with Crippen LogP contribution in [0.25, 0.3) is 11.3 Å². The van der Waals surface area contributed by atoms with Crippen molar-refractivity contribution in [1.29, 1.82) is 0 Å². The molecule has 1 aromatic carbocycles. The Morgan fingerprint density at radius 2 is 1.94 bits per heavy atom. The zero-order valence-electron chi connectivity index (χ0n) is 8.13. The van der Waals surface area contributed by atoms with Crippen LogP contribution in [0, 0.1) is 15.9 Å². The predicted octanol–water partition coefficient (Wildman–Crippen LogP) is 2.80. The van der Waals surface area contributed by atoms with E-state index in [1.807, 2.05) is 0 Å². The van der Waals surface area contributed by atoms with E-state index in [9.17, 15) is 14.5 Å². The molecule has 0 spiro atoms. The molecule has 0 aliphatic heterocycles. The van der Waals surface area contributed by atoms with Crippen molar-refractivity contribution >= 4 is 5.69 Å². The Hall–Kier alpha value is -2.30. The Bertz CT molecular complexity index is 526. The van der Waals surface area contributed by atoms with Crippen LogP contribution in [0.5, 0.6) is 0 Å². The topological polar surface area (TPSA) is 56.0 Å². The van der Waals surface area contributed by atoms with Crippen LogP contribution in [0.1, 0.15) is 0 Å². The van der Waals surface area contributed by atoms with Gasteiger partial charge in [0, 0.05) is 11.6 Å². The van der Waals surface area contributed by atoms with Gasteiger partial charge in [0.05, 0.1) is 10.6 Å². The lowest BCUT2D eigenvalue weighted by Crippen LogP contribution is -1.91. The molecule has 5 heteroatoms. The average molecular weight is 218 g/mol. The highest BCUT2D eigenvalue weighted by atomic mass is 19.1. The molecule has 2 rings (SSSR count). The smallest absolute Gasteiger partial charge is 0.258 e. The van der Waals surface area contributed by atoms with Gasteiger partial charge in [-0.05, 0) is 18.2 Å². The summed E-state index contributed by atoms with van der Waals surface area (Å²) >= 11 is 0. The molecule has 80 valence electrons. The van der Waals surface area contributed by atoms with E-state index >= 15 is 0 Å². The minimum absolute atomic E-state index is 0.111. The van der Waals surface area contributed by atoms with Crippen LogP contribution in [0.15, 0.2) is 42.6 Å². The number of nitro groups is 1. The molecule has 1 aromatic heterocycles. The fourth-order valence-corrected chi connectivity index (χ4v) is 1.32. The highest BCUT2D eigenvalue weighted by Crippen LogP contribution is 2.21. The van der Waals surface area contributed by atoms with Crippen LogP contribution >= 0.6 is 0 Å². The molecular formula is C11H7FN2O2. The molecule has 0 fully saturated rings. The molecule has 4 nitrogen and oxygen atoms in total. The van der Waals surface area contributed by atoms with Gasteiger partial charge in [0.2, 0.25) is 0 Å². The van der Waals surface area contributed by atoms with Gasteiger partial charge in [0.15, 0.2) is 0 Å². The van der Waals surface area contributed by atoms with E-state index < -0.39 is 10.7 Å². The van der Waals surface area contributed by atoms with Crippen LogP contribution < -0.4 is 0 Å². The molecule has 0 saturated carbocycles. The van der Waals surface area contributed by atoms with Crippen LogP contribution in [0.4, 0.5) is 10.1 Å². The van der Waals surface area contributed by atoms with Crippen molar-refractivity contribution in [3.63, 3.8) is 0 Å². The first-order valence-electron chi connectivity index (χ1n) is 4.54. The summed E-state index contributed by atoms with van der Waals surface area (Å²) in [4.78, 5) is 13.7. The summed E-state index contributed by atoms with van der Waals surface area (Å²) in [5, 5.41) is 10.4. The summed E-state index contributed by atoms with van der Waals surface area (Å²) in [5.41, 5.74) is 0.598. The van der Waals surface area contributed by atoms with Gasteiger partial charge in [-0.25, -0.2) is 9.37 Å². The highest BCUT2D eigenvalue weighted by molar-refractivity contribution is 5.60. The van der Waals surface area contributed by atoms with E-state index in [-0.39, 0.29) is 5.69 Å². The third-order valence-electron chi connectivity index (χ3n) is 2.11. The molecule has 16 heavy (non-hydrogen) atoms. The van der Waals surface area contributed by atoms with Crippen molar-refractivity contribution in [3.8, 4) is 11.3 Å². The lowest BCUT2D eigenvalue weighted by atomic mass is 10.1. The van der Waals surface area contributed by atoms with Crippen molar-refractivity contribution in [2.45, 2.75) is 0 Å². The third kappa shape index (κ3) is 1.88. The molecule has 0 unspecified atom stereocenters. The number of hydrogen-bond donors (Lipinski definition) is 0. The van der Waals surface area contributed by atoms with Crippen molar-refractivity contribution in [1.82, 2.24) is 4.98 Å². The quantitative estimate of drug-likeness (QED) is 0.575. The van der Waals surface area contributed by atoms with Crippen LogP contribution in [0.2, 0.25) is 0 Å². The first-order valence-corrected chi connectivity index (χ1v) is 4.54. The van der Waals surface area contributed by atoms with Gasteiger partial charge < -0.3 is 0 Å². The number of benzene rings is 1. The number of halogens is 1. The molecule has 0 atom stereocenters. The monoisotopic (exact) mass is 218 g/mol. The van der Waals surface area contributed by atoms with Crippen LogP contribution in [-0.2, 0) is 0 Å². The second-order valence-corrected chi connectivity index (χ2v) is 3.14. The van der Waals surface area contributed by atoms with Gasteiger partial charge in [0.1, 0.15) is 12.0 Å². The van der Waals surface area contributed by atoms with Crippen LogP contribution in [0.3, 0.4) is 0 Å². The van der Waals surface area contributed by atoms with Gasteiger partial charge in [0.25, 0.3) is 5.69 Å². The van der Waals surface area contributed by atoms with Crippen molar-refractivity contribution in [2.75, 3.05) is 0 Å². The van der Waals surface area contributed by atoms with Gasteiger partial charge >= 0.3 is 0 Å². The normalized spacial score (nSPS) is 10.1. The summed E-state index contributed by atoms with van der Waals surface area (Å²) in [6.45, 7) is 0. The van der Waals surface area contributed by atoms with Gasteiger partial charge in [-0.1, -0.05) is 12.1 Å². The second kappa shape index (κ2) is 4.06. The maximum absolute atomic E-state index is 13.4. The Labute approximate surface area is 90.5 Å². The molecule has 1 heterocycles. The van der Waals surface area contributed by atoms with E-state index in [1.165, 1.54) is 18.2 Å². The first-order chi connectivity index (χ1) is 7.68. The number of aromatic nitrogens is 1. The summed E-state index contributed by atoms with van der Waals surface area (Å²) in [6, 6.07) is 8.87. The van der Waals surface area contributed by atoms with E-state index in [4.69, 9.17) is 0 Å². The fraction of sp³-hybridized carbons (Fsp3) is 0. The highest BCUT2D eigenvalue weighted by Gasteiger charge is 2.08. The molecule has 0 N–H and O–H groups in total. The number of rotatable bonds is 2. The number of hydrogen-bond acceptors (Lipinski definition) is 3. The summed E-state index contributed by atoms with van der Waals surface area (Å²) in [6.07, 6.45) is 1.11. The van der Waals surface area contributed by atoms with Crippen molar-refractivity contribution in [2.24, 2.45) is 0 Å². The van der Waals surface area contributed by atoms with Gasteiger partial charge in [-0.2, -0.15) is 0 Å². The number of pyridine rings is 1. The Kier molecular flexibility index (Phi) is 2.59. The minimum atomic E-state index is -0.544. The fourth-order valence-electron chi connectivity index (χ4n) is 1.32. The SMILES string of the molecule is O=[N+]([O-])c1ccc(-c2ccccc2F)nc1. The van der Waals surface area contributed by atoms with E-state index in [2.05, 4.69) is 4.98 Å². The lowest BCUT2D eigenvalue weighted by Gasteiger charge is -2.01. The second-order valence-electron chi connectivity index (χ2n) is 3.14. The van der Waals surface area contributed by atoms with Crippen molar-refractivity contribution < 1.29 is 9.31 Å². The molecule has 0 bridgehead atoms. The zero-order chi connectivity index (χ0) is 11.5. The van der Waals surface area contributed by atoms with Crippen molar-refractivity contribution in [3.05, 3.63) is 58.5 Å².